The summed E-state index contributed by atoms with van der Waals surface area (Å²) in [5.41, 5.74) is -0.0565. The molecule has 9 nitrogen and oxygen atoms in total. The summed E-state index contributed by atoms with van der Waals surface area (Å²) in [4.78, 5) is 17.9. The molecule has 5 N–H and O–H groups in total. The van der Waals surface area contributed by atoms with Crippen LogP contribution in [0.5, 0.6) is 0 Å². The standard InChI is InChI=1S/C10H18N6O3/c1-9(2,10(3,4)17)14-7-6(16(18)19)5-12-8(13-7)15-11/h5,17H,11H2,1-4H3,(H2,12,13,14,15). The SMILES string of the molecule is CC(C)(O)C(C)(C)Nc1nc(NN)ncc1[N+](=O)[O-]. The van der Waals surface area contributed by atoms with Crippen molar-refractivity contribution in [2.24, 2.45) is 5.84 Å². The Morgan fingerprint density at radius 3 is 2.42 bits per heavy atom. The molecule has 9 heteroatoms. The van der Waals surface area contributed by atoms with E-state index in [4.69, 9.17) is 5.84 Å². The predicted octanol–water partition coefficient (Wildman–Crippen LogP) is 0.632. The summed E-state index contributed by atoms with van der Waals surface area (Å²) in [6.07, 6.45) is 1.05. The molecule has 1 aromatic rings. The summed E-state index contributed by atoms with van der Waals surface area (Å²) >= 11 is 0. The van der Waals surface area contributed by atoms with Gasteiger partial charge in [0.15, 0.2) is 0 Å². The molecule has 19 heavy (non-hydrogen) atoms. The molecular formula is C10H18N6O3. The highest BCUT2D eigenvalue weighted by atomic mass is 16.6. The summed E-state index contributed by atoms with van der Waals surface area (Å²) in [5, 5.41) is 23.8. The average Bonchev–Trinajstić information content (AvgIpc) is 2.26. The molecule has 0 saturated carbocycles. The molecule has 1 aromatic heterocycles. The van der Waals surface area contributed by atoms with Crippen molar-refractivity contribution in [3.63, 3.8) is 0 Å². The number of hydrogen-bond acceptors (Lipinski definition) is 8. The predicted molar refractivity (Wildman–Crippen MR) is 70.5 cm³/mol. The maximum atomic E-state index is 10.9. The van der Waals surface area contributed by atoms with Crippen LogP contribution in [0.1, 0.15) is 27.7 Å². The Bertz CT molecular complexity index is 483. The fourth-order valence-corrected chi connectivity index (χ4v) is 1.12. The van der Waals surface area contributed by atoms with Crippen LogP contribution in [0.15, 0.2) is 6.20 Å². The maximum absolute atomic E-state index is 10.9. The lowest BCUT2D eigenvalue weighted by Crippen LogP contribution is -2.51. The lowest BCUT2D eigenvalue weighted by Gasteiger charge is -2.38. The third-order valence-corrected chi connectivity index (χ3v) is 3.06. The zero-order valence-electron chi connectivity index (χ0n) is 11.3. The molecule has 0 bridgehead atoms. The Labute approximate surface area is 110 Å². The number of hydrazine groups is 1. The van der Waals surface area contributed by atoms with Crippen molar-refractivity contribution in [1.82, 2.24) is 9.97 Å². The molecule has 0 saturated heterocycles. The Kier molecular flexibility index (Phi) is 3.91. The Morgan fingerprint density at radius 2 is 2.00 bits per heavy atom. The zero-order chi connectivity index (χ0) is 14.8. The van der Waals surface area contributed by atoms with Gasteiger partial charge in [-0.05, 0) is 27.7 Å². The van der Waals surface area contributed by atoms with Gasteiger partial charge in [0.1, 0.15) is 6.20 Å². The van der Waals surface area contributed by atoms with E-state index in [2.05, 4.69) is 20.7 Å². The molecule has 0 spiro atoms. The number of nitro groups is 1. The molecule has 0 aliphatic rings. The second-order valence-corrected chi connectivity index (χ2v) is 5.14. The number of anilines is 2. The minimum Gasteiger partial charge on any atom is -0.388 e. The van der Waals surface area contributed by atoms with Gasteiger partial charge >= 0.3 is 5.69 Å². The maximum Gasteiger partial charge on any atom is 0.329 e. The van der Waals surface area contributed by atoms with Crippen molar-refractivity contribution in [3.05, 3.63) is 16.3 Å². The van der Waals surface area contributed by atoms with Crippen molar-refractivity contribution in [2.75, 3.05) is 10.7 Å². The first-order valence-corrected chi connectivity index (χ1v) is 5.57. The third-order valence-electron chi connectivity index (χ3n) is 3.06. The summed E-state index contributed by atoms with van der Waals surface area (Å²) in [6.45, 7) is 6.59. The van der Waals surface area contributed by atoms with Crippen LogP contribution >= 0.6 is 0 Å². The molecule has 0 aliphatic carbocycles. The van der Waals surface area contributed by atoms with Crippen LogP contribution in [-0.4, -0.2) is 31.1 Å². The number of rotatable bonds is 5. The first-order valence-electron chi connectivity index (χ1n) is 5.57. The smallest absolute Gasteiger partial charge is 0.329 e. The summed E-state index contributed by atoms with van der Waals surface area (Å²) in [7, 11) is 0. The molecule has 106 valence electrons. The Hall–Kier alpha value is -2.00. The molecule has 1 rings (SSSR count). The Morgan fingerprint density at radius 1 is 1.42 bits per heavy atom. The normalized spacial score (nSPS) is 12.1. The lowest BCUT2D eigenvalue weighted by molar-refractivity contribution is -0.384. The minimum atomic E-state index is -1.12. The molecule has 0 aliphatic heterocycles. The second kappa shape index (κ2) is 4.94. The number of nitrogen functional groups attached to an aromatic ring is 1. The molecular weight excluding hydrogens is 252 g/mol. The highest BCUT2D eigenvalue weighted by Gasteiger charge is 2.37. The van der Waals surface area contributed by atoms with Crippen LogP contribution in [0.4, 0.5) is 17.5 Å². The molecule has 0 radical (unpaired) electrons. The Balaban J connectivity index is 3.21. The van der Waals surface area contributed by atoms with Gasteiger partial charge in [-0.2, -0.15) is 4.98 Å². The van der Waals surface area contributed by atoms with Crippen molar-refractivity contribution >= 4 is 17.5 Å². The molecule has 1 heterocycles. The van der Waals surface area contributed by atoms with E-state index in [1.807, 2.05) is 0 Å². The van der Waals surface area contributed by atoms with E-state index < -0.39 is 16.1 Å². The van der Waals surface area contributed by atoms with Crippen LogP contribution in [-0.2, 0) is 0 Å². The summed E-state index contributed by atoms with van der Waals surface area (Å²) in [6, 6.07) is 0. The van der Waals surface area contributed by atoms with E-state index in [-0.39, 0.29) is 17.5 Å². The molecule has 0 aromatic carbocycles. The fraction of sp³-hybridized carbons (Fsp3) is 0.600. The van der Waals surface area contributed by atoms with Gasteiger partial charge in [-0.1, -0.05) is 0 Å². The number of nitrogens with zero attached hydrogens (tertiary/aromatic N) is 3. The van der Waals surface area contributed by atoms with Crippen molar-refractivity contribution < 1.29 is 10.0 Å². The molecule has 0 unspecified atom stereocenters. The van der Waals surface area contributed by atoms with Crippen LogP contribution < -0.4 is 16.6 Å². The molecule has 0 atom stereocenters. The molecule has 0 fully saturated rings. The van der Waals surface area contributed by atoms with E-state index in [1.165, 1.54) is 0 Å². The monoisotopic (exact) mass is 270 g/mol. The third kappa shape index (κ3) is 3.26. The van der Waals surface area contributed by atoms with E-state index >= 15 is 0 Å². The first kappa shape index (κ1) is 15.1. The highest BCUT2D eigenvalue weighted by molar-refractivity contribution is 5.58. The minimum absolute atomic E-state index is 0.0138. The fourth-order valence-electron chi connectivity index (χ4n) is 1.12. The van der Waals surface area contributed by atoms with Crippen molar-refractivity contribution in [3.8, 4) is 0 Å². The van der Waals surface area contributed by atoms with Crippen LogP contribution in [0.2, 0.25) is 0 Å². The van der Waals surface area contributed by atoms with E-state index in [0.29, 0.717) is 0 Å². The number of hydrogen-bond donors (Lipinski definition) is 4. The van der Waals surface area contributed by atoms with Crippen LogP contribution in [0.25, 0.3) is 0 Å². The van der Waals surface area contributed by atoms with Gasteiger partial charge in [0.25, 0.3) is 0 Å². The van der Waals surface area contributed by atoms with Gasteiger partial charge in [-0.15, -0.1) is 0 Å². The van der Waals surface area contributed by atoms with Gasteiger partial charge in [0.05, 0.1) is 16.1 Å². The van der Waals surface area contributed by atoms with Crippen molar-refractivity contribution in [1.29, 1.82) is 0 Å². The van der Waals surface area contributed by atoms with Gasteiger partial charge in [-0.25, -0.2) is 10.8 Å². The van der Waals surface area contributed by atoms with E-state index in [0.717, 1.165) is 6.20 Å². The van der Waals surface area contributed by atoms with Gasteiger partial charge in [0.2, 0.25) is 11.8 Å². The zero-order valence-corrected chi connectivity index (χ0v) is 11.3. The summed E-state index contributed by atoms with van der Waals surface area (Å²) in [5.74, 6) is 5.20. The lowest BCUT2D eigenvalue weighted by atomic mass is 9.86. The number of aliphatic hydroxyl groups is 1. The number of aromatic nitrogens is 2. The van der Waals surface area contributed by atoms with Crippen LogP contribution in [0, 0.1) is 10.1 Å². The quantitative estimate of drug-likeness (QED) is 0.347. The van der Waals surface area contributed by atoms with Gasteiger partial charge in [-0.3, -0.25) is 15.5 Å². The van der Waals surface area contributed by atoms with Gasteiger partial charge < -0.3 is 10.4 Å². The average molecular weight is 270 g/mol. The largest absolute Gasteiger partial charge is 0.388 e. The van der Waals surface area contributed by atoms with Gasteiger partial charge in [0, 0.05) is 0 Å². The molecule has 0 amide bonds. The van der Waals surface area contributed by atoms with E-state index in [9.17, 15) is 15.2 Å². The first-order chi connectivity index (χ1) is 8.58. The van der Waals surface area contributed by atoms with Crippen LogP contribution in [0.3, 0.4) is 0 Å². The number of nitrogens with two attached hydrogens (primary N) is 1. The topological polar surface area (TPSA) is 139 Å². The second-order valence-electron chi connectivity index (χ2n) is 5.14. The van der Waals surface area contributed by atoms with E-state index in [1.54, 1.807) is 27.7 Å². The highest BCUT2D eigenvalue weighted by Crippen LogP contribution is 2.30. The number of nitrogens with one attached hydrogen (secondary N) is 2. The summed E-state index contributed by atoms with van der Waals surface area (Å²) < 4.78 is 0. The van der Waals surface area contributed by atoms with Crippen molar-refractivity contribution in [2.45, 2.75) is 38.8 Å².